The fraction of sp³-hybridized carbons (Fsp3) is 0.176. The molecule has 1 unspecified atom stereocenters. The lowest BCUT2D eigenvalue weighted by molar-refractivity contribution is 0.0951. The Kier molecular flexibility index (Phi) is 5.06. The highest BCUT2D eigenvalue weighted by Crippen LogP contribution is 2.13. The molecule has 0 aliphatic rings. The number of hydrogen-bond acceptors (Lipinski definition) is 2. The quantitative estimate of drug-likeness (QED) is 0.835. The third-order valence-electron chi connectivity index (χ3n) is 3.35. The summed E-state index contributed by atoms with van der Waals surface area (Å²) in [6.45, 7) is 2.67. The molecule has 0 spiro atoms. The molecule has 0 saturated carbocycles. The number of nitrogens with two attached hydrogens (primary N) is 1. The van der Waals surface area contributed by atoms with Gasteiger partial charge in [-0.2, -0.15) is 0 Å². The van der Waals surface area contributed by atoms with Crippen LogP contribution >= 0.6 is 12.2 Å². The summed E-state index contributed by atoms with van der Waals surface area (Å²) in [5, 5.41) is 2.94. The van der Waals surface area contributed by atoms with Crippen molar-refractivity contribution in [1.82, 2.24) is 5.32 Å². The Bertz CT molecular complexity index is 640. The standard InChI is InChI=1S/C17H18N2OS/c1-12(13-6-3-2-4-7-13)11-19-17(20)15-9-5-8-14(10-15)16(18)21/h2-10,12H,11H2,1H3,(H2,18,21)(H,19,20). The van der Waals surface area contributed by atoms with Crippen molar-refractivity contribution in [3.8, 4) is 0 Å². The lowest BCUT2D eigenvalue weighted by atomic mass is 10.0. The molecule has 0 fully saturated rings. The zero-order chi connectivity index (χ0) is 15.2. The summed E-state index contributed by atoms with van der Waals surface area (Å²) in [5.74, 6) is 0.143. The van der Waals surface area contributed by atoms with Gasteiger partial charge in [0, 0.05) is 17.7 Å². The van der Waals surface area contributed by atoms with Gasteiger partial charge >= 0.3 is 0 Å². The first kappa shape index (κ1) is 15.2. The van der Waals surface area contributed by atoms with E-state index in [-0.39, 0.29) is 11.8 Å². The minimum Gasteiger partial charge on any atom is -0.389 e. The number of amides is 1. The summed E-state index contributed by atoms with van der Waals surface area (Å²) in [6, 6.07) is 17.1. The summed E-state index contributed by atoms with van der Waals surface area (Å²) >= 11 is 4.92. The summed E-state index contributed by atoms with van der Waals surface area (Å²) in [5.41, 5.74) is 8.06. The van der Waals surface area contributed by atoms with E-state index in [1.165, 1.54) is 5.56 Å². The van der Waals surface area contributed by atoms with E-state index < -0.39 is 0 Å². The molecule has 0 aromatic heterocycles. The van der Waals surface area contributed by atoms with Crippen LogP contribution in [0.15, 0.2) is 54.6 Å². The Morgan fingerprint density at radius 3 is 2.48 bits per heavy atom. The Morgan fingerprint density at radius 1 is 1.14 bits per heavy atom. The molecule has 0 radical (unpaired) electrons. The van der Waals surface area contributed by atoms with Crippen molar-refractivity contribution in [3.63, 3.8) is 0 Å². The van der Waals surface area contributed by atoms with E-state index >= 15 is 0 Å². The molecule has 4 heteroatoms. The highest BCUT2D eigenvalue weighted by molar-refractivity contribution is 7.80. The average Bonchev–Trinajstić information content (AvgIpc) is 2.53. The maximum Gasteiger partial charge on any atom is 0.251 e. The Balaban J connectivity index is 1.99. The first-order valence-electron chi connectivity index (χ1n) is 6.81. The third kappa shape index (κ3) is 4.13. The normalized spacial score (nSPS) is 11.7. The Morgan fingerprint density at radius 2 is 1.81 bits per heavy atom. The topological polar surface area (TPSA) is 55.1 Å². The number of thiocarbonyl (C=S) groups is 1. The molecule has 0 saturated heterocycles. The van der Waals surface area contributed by atoms with Crippen LogP contribution in [0.25, 0.3) is 0 Å². The Labute approximate surface area is 130 Å². The van der Waals surface area contributed by atoms with Crippen molar-refractivity contribution < 1.29 is 4.79 Å². The van der Waals surface area contributed by atoms with Crippen LogP contribution in [0.1, 0.15) is 34.3 Å². The Hall–Kier alpha value is -2.20. The lowest BCUT2D eigenvalue weighted by Gasteiger charge is -2.13. The molecule has 1 amide bonds. The van der Waals surface area contributed by atoms with Gasteiger partial charge in [0.1, 0.15) is 4.99 Å². The van der Waals surface area contributed by atoms with Gasteiger partial charge in [0.2, 0.25) is 0 Å². The summed E-state index contributed by atoms with van der Waals surface area (Å²) in [4.78, 5) is 12.5. The molecule has 21 heavy (non-hydrogen) atoms. The summed E-state index contributed by atoms with van der Waals surface area (Å²) in [6.07, 6.45) is 0. The van der Waals surface area contributed by atoms with Gasteiger partial charge in [-0.05, 0) is 23.6 Å². The monoisotopic (exact) mass is 298 g/mol. The van der Waals surface area contributed by atoms with Crippen LogP contribution in [0.3, 0.4) is 0 Å². The van der Waals surface area contributed by atoms with E-state index in [0.717, 1.165) is 0 Å². The van der Waals surface area contributed by atoms with Crippen LogP contribution in [-0.2, 0) is 0 Å². The van der Waals surface area contributed by atoms with Gasteiger partial charge in [-0.15, -0.1) is 0 Å². The average molecular weight is 298 g/mol. The molecule has 3 N–H and O–H groups in total. The first-order chi connectivity index (χ1) is 10.1. The van der Waals surface area contributed by atoms with Crippen LogP contribution in [0, 0.1) is 0 Å². The third-order valence-corrected chi connectivity index (χ3v) is 3.58. The number of hydrogen-bond donors (Lipinski definition) is 2. The fourth-order valence-electron chi connectivity index (χ4n) is 2.06. The van der Waals surface area contributed by atoms with Crippen molar-refractivity contribution in [1.29, 1.82) is 0 Å². The van der Waals surface area contributed by atoms with Gasteiger partial charge in [0.05, 0.1) is 0 Å². The second-order valence-corrected chi connectivity index (χ2v) is 5.41. The molecular weight excluding hydrogens is 280 g/mol. The van der Waals surface area contributed by atoms with E-state index in [9.17, 15) is 4.79 Å². The van der Waals surface area contributed by atoms with Crippen LogP contribution in [0.4, 0.5) is 0 Å². The molecule has 2 rings (SSSR count). The van der Waals surface area contributed by atoms with Gasteiger partial charge in [-0.25, -0.2) is 0 Å². The summed E-state index contributed by atoms with van der Waals surface area (Å²) < 4.78 is 0. The fourth-order valence-corrected chi connectivity index (χ4v) is 2.19. The van der Waals surface area contributed by atoms with Crippen molar-refractivity contribution in [3.05, 3.63) is 71.3 Å². The molecule has 0 aliphatic carbocycles. The van der Waals surface area contributed by atoms with E-state index in [1.807, 2.05) is 18.2 Å². The molecule has 3 nitrogen and oxygen atoms in total. The second-order valence-electron chi connectivity index (χ2n) is 4.97. The number of benzene rings is 2. The molecule has 2 aromatic carbocycles. The predicted molar refractivity (Wildman–Crippen MR) is 89.5 cm³/mol. The van der Waals surface area contributed by atoms with E-state index in [0.29, 0.717) is 22.7 Å². The zero-order valence-electron chi connectivity index (χ0n) is 11.9. The predicted octanol–water partition coefficient (Wildman–Crippen LogP) is 2.85. The second kappa shape index (κ2) is 6.99. The first-order valence-corrected chi connectivity index (χ1v) is 7.22. The van der Waals surface area contributed by atoms with Crippen molar-refractivity contribution >= 4 is 23.1 Å². The number of carbonyl (C=O) groups excluding carboxylic acids is 1. The van der Waals surface area contributed by atoms with Crippen LogP contribution in [0.2, 0.25) is 0 Å². The maximum atomic E-state index is 12.2. The van der Waals surface area contributed by atoms with E-state index in [2.05, 4.69) is 24.4 Å². The van der Waals surface area contributed by atoms with Gasteiger partial charge in [-0.1, -0.05) is 61.6 Å². The van der Waals surface area contributed by atoms with Crippen molar-refractivity contribution in [2.24, 2.45) is 5.73 Å². The van der Waals surface area contributed by atoms with Gasteiger partial charge in [0.25, 0.3) is 5.91 Å². The minimum absolute atomic E-state index is 0.115. The smallest absolute Gasteiger partial charge is 0.251 e. The summed E-state index contributed by atoms with van der Waals surface area (Å²) in [7, 11) is 0. The van der Waals surface area contributed by atoms with Gasteiger partial charge < -0.3 is 11.1 Å². The number of carbonyl (C=O) groups is 1. The van der Waals surface area contributed by atoms with E-state index in [1.54, 1.807) is 24.3 Å². The molecule has 108 valence electrons. The van der Waals surface area contributed by atoms with Crippen LogP contribution in [0.5, 0.6) is 0 Å². The van der Waals surface area contributed by atoms with E-state index in [4.69, 9.17) is 18.0 Å². The molecule has 0 heterocycles. The van der Waals surface area contributed by atoms with Crippen LogP contribution in [-0.4, -0.2) is 17.4 Å². The maximum absolute atomic E-state index is 12.2. The number of rotatable bonds is 5. The van der Waals surface area contributed by atoms with Gasteiger partial charge in [-0.3, -0.25) is 4.79 Å². The molecule has 1 atom stereocenters. The largest absolute Gasteiger partial charge is 0.389 e. The van der Waals surface area contributed by atoms with Crippen LogP contribution < -0.4 is 11.1 Å². The van der Waals surface area contributed by atoms with Crippen molar-refractivity contribution in [2.75, 3.05) is 6.54 Å². The highest BCUT2D eigenvalue weighted by Gasteiger charge is 2.10. The zero-order valence-corrected chi connectivity index (χ0v) is 12.7. The van der Waals surface area contributed by atoms with Gasteiger partial charge in [0.15, 0.2) is 0 Å². The number of nitrogens with one attached hydrogen (secondary N) is 1. The lowest BCUT2D eigenvalue weighted by Crippen LogP contribution is -2.27. The van der Waals surface area contributed by atoms with Crippen molar-refractivity contribution in [2.45, 2.75) is 12.8 Å². The SMILES string of the molecule is CC(CNC(=O)c1cccc(C(N)=S)c1)c1ccccc1. The molecule has 2 aromatic rings. The molecular formula is C17H18N2OS. The molecule has 0 aliphatic heterocycles. The molecule has 0 bridgehead atoms. The highest BCUT2D eigenvalue weighted by atomic mass is 32.1. The minimum atomic E-state index is -0.115.